The highest BCUT2D eigenvalue weighted by Gasteiger charge is 2.17. The molecule has 0 unspecified atom stereocenters. The van der Waals surface area contributed by atoms with E-state index in [4.69, 9.17) is 22.1 Å². The second kappa shape index (κ2) is 6.68. The highest BCUT2D eigenvalue weighted by atomic mass is 35.5. The zero-order valence-corrected chi connectivity index (χ0v) is 11.8. The molecule has 0 saturated heterocycles. The van der Waals surface area contributed by atoms with E-state index in [0.717, 1.165) is 6.20 Å². The summed E-state index contributed by atoms with van der Waals surface area (Å²) in [5, 5.41) is 13.6. The number of hydrogen-bond acceptors (Lipinski definition) is 7. The van der Waals surface area contributed by atoms with Crippen molar-refractivity contribution in [1.82, 2.24) is 9.97 Å². The van der Waals surface area contributed by atoms with Crippen molar-refractivity contribution in [3.8, 4) is 5.75 Å². The number of nitrogens with zero attached hydrogens (tertiary/aromatic N) is 3. The summed E-state index contributed by atoms with van der Waals surface area (Å²) in [6, 6.07) is 6.33. The molecule has 114 valence electrons. The molecule has 0 fully saturated rings. The van der Waals surface area contributed by atoms with Gasteiger partial charge in [-0.3, -0.25) is 14.9 Å². The number of carbonyl (C=O) groups excluding carboxylic acids is 1. The molecule has 1 heterocycles. The quantitative estimate of drug-likeness (QED) is 0.469. The monoisotopic (exact) mass is 323 g/mol. The number of aromatic nitrogens is 2. The minimum atomic E-state index is -0.622. The van der Waals surface area contributed by atoms with Gasteiger partial charge < -0.3 is 15.8 Å². The number of nitrogens with one attached hydrogen (secondary N) is 1. The maximum absolute atomic E-state index is 10.9. The highest BCUT2D eigenvalue weighted by Crippen LogP contribution is 2.26. The van der Waals surface area contributed by atoms with Crippen molar-refractivity contribution < 1.29 is 14.5 Å². The second-order valence-corrected chi connectivity index (χ2v) is 4.37. The number of rotatable bonds is 6. The maximum Gasteiger partial charge on any atom is 0.329 e. The van der Waals surface area contributed by atoms with E-state index in [0.29, 0.717) is 11.4 Å². The first kappa shape index (κ1) is 15.4. The fraction of sp³-hybridized carbons (Fsp3) is 0.0833. The third-order valence-electron chi connectivity index (χ3n) is 2.43. The van der Waals surface area contributed by atoms with Crippen LogP contribution in [0.5, 0.6) is 5.75 Å². The molecule has 1 aromatic heterocycles. The molecule has 1 amide bonds. The Morgan fingerprint density at radius 3 is 2.68 bits per heavy atom. The molecule has 0 saturated carbocycles. The molecule has 2 rings (SSSR count). The standard InChI is InChI=1S/C12H10ClN5O4/c13-12-15-5-9(18(20)21)11(17-12)16-7-1-3-8(4-2-7)22-6-10(14)19/h1-5H,6H2,(H2,14,19)(H,15,16,17). The van der Waals surface area contributed by atoms with Gasteiger partial charge >= 0.3 is 5.69 Å². The Morgan fingerprint density at radius 2 is 2.09 bits per heavy atom. The fourth-order valence-corrected chi connectivity index (χ4v) is 1.64. The molecular weight excluding hydrogens is 314 g/mol. The SMILES string of the molecule is NC(=O)COc1ccc(Nc2nc(Cl)ncc2[N+](=O)[O-])cc1. The molecule has 2 aromatic rings. The summed E-state index contributed by atoms with van der Waals surface area (Å²) in [5.41, 5.74) is 5.18. The Morgan fingerprint density at radius 1 is 1.41 bits per heavy atom. The summed E-state index contributed by atoms with van der Waals surface area (Å²) in [5.74, 6) is -0.191. The third kappa shape index (κ3) is 4.03. The van der Waals surface area contributed by atoms with Crippen molar-refractivity contribution in [2.24, 2.45) is 5.73 Å². The number of carbonyl (C=O) groups is 1. The van der Waals surface area contributed by atoms with E-state index in [-0.39, 0.29) is 23.4 Å². The van der Waals surface area contributed by atoms with Gasteiger partial charge in [-0.2, -0.15) is 4.98 Å². The van der Waals surface area contributed by atoms with Gasteiger partial charge in [0.15, 0.2) is 6.61 Å². The number of halogens is 1. The van der Waals surface area contributed by atoms with Crippen LogP contribution in [0, 0.1) is 10.1 Å². The molecule has 0 bridgehead atoms. The van der Waals surface area contributed by atoms with Crippen LogP contribution in [0.4, 0.5) is 17.2 Å². The summed E-state index contributed by atoms with van der Waals surface area (Å²) < 4.78 is 5.10. The number of ether oxygens (including phenoxy) is 1. The van der Waals surface area contributed by atoms with Gasteiger partial charge in [0.2, 0.25) is 11.1 Å². The van der Waals surface area contributed by atoms with Gasteiger partial charge in [-0.25, -0.2) is 4.98 Å². The van der Waals surface area contributed by atoms with E-state index in [2.05, 4.69) is 15.3 Å². The van der Waals surface area contributed by atoms with Crippen LogP contribution >= 0.6 is 11.6 Å². The van der Waals surface area contributed by atoms with Crippen LogP contribution in [0.25, 0.3) is 0 Å². The summed E-state index contributed by atoms with van der Waals surface area (Å²) >= 11 is 5.64. The van der Waals surface area contributed by atoms with Crippen molar-refractivity contribution in [3.63, 3.8) is 0 Å². The summed E-state index contributed by atoms with van der Waals surface area (Å²) in [6.07, 6.45) is 1.02. The zero-order valence-electron chi connectivity index (χ0n) is 11.0. The third-order valence-corrected chi connectivity index (χ3v) is 2.62. The number of amides is 1. The van der Waals surface area contributed by atoms with E-state index in [1.165, 1.54) is 0 Å². The first-order chi connectivity index (χ1) is 10.5. The molecule has 3 N–H and O–H groups in total. The van der Waals surface area contributed by atoms with Crippen LogP contribution in [-0.4, -0.2) is 27.4 Å². The minimum Gasteiger partial charge on any atom is -0.484 e. The maximum atomic E-state index is 10.9. The summed E-state index contributed by atoms with van der Waals surface area (Å²) in [6.45, 7) is -0.236. The number of primary amides is 1. The van der Waals surface area contributed by atoms with Crippen molar-refractivity contribution >= 4 is 34.7 Å². The van der Waals surface area contributed by atoms with Crippen LogP contribution < -0.4 is 15.8 Å². The number of nitrogens with two attached hydrogens (primary N) is 1. The molecular formula is C12H10ClN5O4. The average molecular weight is 324 g/mol. The molecule has 0 atom stereocenters. The van der Waals surface area contributed by atoms with Crippen molar-refractivity contribution in [2.75, 3.05) is 11.9 Å². The Hall–Kier alpha value is -2.94. The molecule has 0 radical (unpaired) electrons. The predicted octanol–water partition coefficient (Wildman–Crippen LogP) is 1.65. The lowest BCUT2D eigenvalue weighted by molar-refractivity contribution is -0.384. The van der Waals surface area contributed by atoms with E-state index >= 15 is 0 Å². The van der Waals surface area contributed by atoms with Gasteiger partial charge in [-0.15, -0.1) is 0 Å². The summed E-state index contributed by atoms with van der Waals surface area (Å²) in [7, 11) is 0. The molecule has 0 aliphatic heterocycles. The molecule has 22 heavy (non-hydrogen) atoms. The average Bonchev–Trinajstić information content (AvgIpc) is 2.46. The van der Waals surface area contributed by atoms with Crippen molar-refractivity contribution in [3.05, 3.63) is 45.9 Å². The van der Waals surface area contributed by atoms with Crippen LogP contribution in [0.1, 0.15) is 0 Å². The van der Waals surface area contributed by atoms with E-state index < -0.39 is 10.8 Å². The van der Waals surface area contributed by atoms with Gasteiger partial charge in [-0.05, 0) is 35.9 Å². The van der Waals surface area contributed by atoms with Gasteiger partial charge in [0.05, 0.1) is 4.92 Å². The smallest absolute Gasteiger partial charge is 0.329 e. The second-order valence-electron chi connectivity index (χ2n) is 4.03. The van der Waals surface area contributed by atoms with E-state index in [1.54, 1.807) is 24.3 Å². The lowest BCUT2D eigenvalue weighted by Gasteiger charge is -2.08. The van der Waals surface area contributed by atoms with Gasteiger partial charge in [0, 0.05) is 5.69 Å². The topological polar surface area (TPSA) is 133 Å². The van der Waals surface area contributed by atoms with Gasteiger partial charge in [0.25, 0.3) is 5.91 Å². The molecule has 0 aliphatic rings. The van der Waals surface area contributed by atoms with Crippen LogP contribution in [-0.2, 0) is 4.79 Å². The normalized spacial score (nSPS) is 10.0. The number of anilines is 2. The lowest BCUT2D eigenvalue weighted by atomic mass is 10.3. The fourth-order valence-electron chi connectivity index (χ4n) is 1.51. The predicted molar refractivity (Wildman–Crippen MR) is 78.1 cm³/mol. The lowest BCUT2D eigenvalue weighted by Crippen LogP contribution is -2.19. The number of hydrogen-bond donors (Lipinski definition) is 2. The summed E-state index contributed by atoms with van der Waals surface area (Å²) in [4.78, 5) is 28.2. The minimum absolute atomic E-state index is 0.0317. The van der Waals surface area contributed by atoms with Crippen molar-refractivity contribution in [2.45, 2.75) is 0 Å². The first-order valence-corrected chi connectivity index (χ1v) is 6.28. The number of benzene rings is 1. The Labute approximate surface area is 129 Å². The Kier molecular flexibility index (Phi) is 4.69. The van der Waals surface area contributed by atoms with E-state index in [1.807, 2.05) is 0 Å². The van der Waals surface area contributed by atoms with Crippen LogP contribution in [0.15, 0.2) is 30.5 Å². The molecule has 0 spiro atoms. The van der Waals surface area contributed by atoms with Crippen LogP contribution in [0.3, 0.4) is 0 Å². The van der Waals surface area contributed by atoms with E-state index in [9.17, 15) is 14.9 Å². The number of nitro groups is 1. The molecule has 9 nitrogen and oxygen atoms in total. The first-order valence-electron chi connectivity index (χ1n) is 5.91. The molecule has 0 aliphatic carbocycles. The Balaban J connectivity index is 2.15. The molecule has 10 heteroatoms. The largest absolute Gasteiger partial charge is 0.484 e. The van der Waals surface area contributed by atoms with Crippen molar-refractivity contribution in [1.29, 1.82) is 0 Å². The molecule has 1 aromatic carbocycles. The highest BCUT2D eigenvalue weighted by molar-refractivity contribution is 6.28. The van der Waals surface area contributed by atoms with Crippen LogP contribution in [0.2, 0.25) is 5.28 Å². The van der Waals surface area contributed by atoms with Gasteiger partial charge in [0.1, 0.15) is 11.9 Å². The Bertz CT molecular complexity index is 707. The zero-order chi connectivity index (χ0) is 16.1. The van der Waals surface area contributed by atoms with Gasteiger partial charge in [-0.1, -0.05) is 0 Å².